The quantitative estimate of drug-likeness (QED) is 0.616. The van der Waals surface area contributed by atoms with E-state index in [9.17, 15) is 4.21 Å². The van der Waals surface area contributed by atoms with E-state index in [1.165, 1.54) is 0 Å². The van der Waals surface area contributed by atoms with E-state index in [-0.39, 0.29) is 4.75 Å². The minimum absolute atomic E-state index is 0.187. The van der Waals surface area contributed by atoms with Crippen molar-refractivity contribution in [2.45, 2.75) is 39.0 Å². The highest BCUT2D eigenvalue weighted by molar-refractivity contribution is 7.86. The molecule has 0 aromatic heterocycles. The van der Waals surface area contributed by atoms with Crippen molar-refractivity contribution >= 4 is 16.8 Å². The van der Waals surface area contributed by atoms with Crippen LogP contribution >= 0.6 is 0 Å². The van der Waals surface area contributed by atoms with E-state index in [0.29, 0.717) is 24.8 Å². The lowest BCUT2D eigenvalue weighted by Gasteiger charge is -2.18. The van der Waals surface area contributed by atoms with Crippen LogP contribution in [0.4, 0.5) is 0 Å². The lowest BCUT2D eigenvalue weighted by Crippen LogP contribution is -2.40. The smallest absolute Gasteiger partial charge is 0.191 e. The molecule has 5 nitrogen and oxygen atoms in total. The molecule has 1 rings (SSSR count). The molecule has 0 fully saturated rings. The monoisotopic (exact) mass is 339 g/mol. The first kappa shape index (κ1) is 19.5. The van der Waals surface area contributed by atoms with Gasteiger partial charge < -0.3 is 15.4 Å². The maximum atomic E-state index is 12.0. The Morgan fingerprint density at radius 2 is 2.00 bits per heavy atom. The number of aryl methyl sites for hydroxylation is 1. The van der Waals surface area contributed by atoms with Gasteiger partial charge in [-0.2, -0.15) is 0 Å². The number of methoxy groups -OCH3 is 1. The van der Waals surface area contributed by atoms with Crippen LogP contribution < -0.4 is 15.4 Å². The van der Waals surface area contributed by atoms with Crippen LogP contribution in [0.25, 0.3) is 0 Å². The van der Waals surface area contributed by atoms with E-state index < -0.39 is 10.8 Å². The molecule has 0 amide bonds. The maximum Gasteiger partial charge on any atom is 0.191 e. The van der Waals surface area contributed by atoms with E-state index in [0.717, 1.165) is 16.9 Å². The number of aliphatic imine (C=N–C) groups is 1. The summed E-state index contributed by atoms with van der Waals surface area (Å²) in [6.07, 6.45) is 0. The van der Waals surface area contributed by atoms with Crippen molar-refractivity contribution in [3.05, 3.63) is 29.3 Å². The van der Waals surface area contributed by atoms with Gasteiger partial charge in [-0.3, -0.25) is 9.20 Å². The van der Waals surface area contributed by atoms with Crippen molar-refractivity contribution in [3.63, 3.8) is 0 Å². The molecule has 1 aromatic rings. The van der Waals surface area contributed by atoms with Gasteiger partial charge in [-0.25, -0.2) is 0 Å². The summed E-state index contributed by atoms with van der Waals surface area (Å²) in [6.45, 7) is 9.23. The topological polar surface area (TPSA) is 62.7 Å². The number of rotatable bonds is 6. The van der Waals surface area contributed by atoms with Gasteiger partial charge in [0.25, 0.3) is 0 Å². The molecule has 6 heteroatoms. The Hall–Kier alpha value is -1.56. The van der Waals surface area contributed by atoms with Crippen LogP contribution in [0.15, 0.2) is 23.2 Å². The maximum absolute atomic E-state index is 12.0. The summed E-state index contributed by atoms with van der Waals surface area (Å²) in [5, 5.41) is 6.45. The molecule has 0 saturated heterocycles. The van der Waals surface area contributed by atoms with Gasteiger partial charge in [0.1, 0.15) is 5.75 Å². The first-order chi connectivity index (χ1) is 10.8. The van der Waals surface area contributed by atoms with E-state index in [1.807, 2.05) is 39.8 Å². The van der Waals surface area contributed by atoms with Crippen LogP contribution in [0.5, 0.6) is 5.75 Å². The van der Waals surface area contributed by atoms with Crippen molar-refractivity contribution in [2.24, 2.45) is 4.99 Å². The average Bonchev–Trinajstić information content (AvgIpc) is 2.50. The largest absolute Gasteiger partial charge is 0.496 e. The first-order valence-corrected chi connectivity index (χ1v) is 9.06. The van der Waals surface area contributed by atoms with Crippen molar-refractivity contribution in [3.8, 4) is 5.75 Å². The van der Waals surface area contributed by atoms with Crippen molar-refractivity contribution in [1.82, 2.24) is 10.6 Å². The van der Waals surface area contributed by atoms with Crippen molar-refractivity contribution < 1.29 is 8.95 Å². The second-order valence-corrected chi connectivity index (χ2v) is 8.65. The molecule has 1 atom stereocenters. The van der Waals surface area contributed by atoms with Crippen LogP contribution in [-0.4, -0.2) is 41.4 Å². The molecule has 0 aliphatic carbocycles. The van der Waals surface area contributed by atoms with E-state index in [2.05, 4.69) is 21.7 Å². The summed E-state index contributed by atoms with van der Waals surface area (Å²) >= 11 is 0. The molecular formula is C17H29N3O2S. The molecule has 2 N–H and O–H groups in total. The summed E-state index contributed by atoms with van der Waals surface area (Å²) in [6, 6.07) is 6.12. The molecule has 0 radical (unpaired) electrons. The summed E-state index contributed by atoms with van der Waals surface area (Å²) < 4.78 is 17.2. The average molecular weight is 340 g/mol. The zero-order valence-corrected chi connectivity index (χ0v) is 15.8. The summed E-state index contributed by atoms with van der Waals surface area (Å²) in [5.74, 6) is 2.15. The third kappa shape index (κ3) is 6.60. The molecule has 0 saturated carbocycles. The van der Waals surface area contributed by atoms with Crippen LogP contribution in [0.1, 0.15) is 31.9 Å². The molecule has 0 aliphatic heterocycles. The number of hydrogen-bond acceptors (Lipinski definition) is 3. The Morgan fingerprint density at radius 3 is 2.57 bits per heavy atom. The number of guanidine groups is 1. The van der Waals surface area contributed by atoms with E-state index in [4.69, 9.17) is 4.74 Å². The second-order valence-electron chi connectivity index (χ2n) is 6.33. The first-order valence-electron chi connectivity index (χ1n) is 7.74. The van der Waals surface area contributed by atoms with Gasteiger partial charge in [0, 0.05) is 47.0 Å². The molecule has 0 spiro atoms. The molecule has 130 valence electrons. The Morgan fingerprint density at radius 1 is 1.30 bits per heavy atom. The Kier molecular flexibility index (Phi) is 7.55. The molecule has 0 aliphatic rings. The van der Waals surface area contributed by atoms with Gasteiger partial charge in [0.2, 0.25) is 0 Å². The molecule has 1 unspecified atom stereocenters. The standard InChI is InChI=1S/C17H29N3O2S/c1-13-7-8-14(15(11-13)22-6)12-20-16(18-5)19-9-10-23(21)17(2,3)4/h7-8,11H,9-10,12H2,1-6H3,(H2,18,19,20). The zero-order valence-electron chi connectivity index (χ0n) is 15.0. The fraction of sp³-hybridized carbons (Fsp3) is 0.588. The molecular weight excluding hydrogens is 310 g/mol. The highest BCUT2D eigenvalue weighted by Gasteiger charge is 2.18. The zero-order chi connectivity index (χ0) is 17.5. The lowest BCUT2D eigenvalue weighted by atomic mass is 10.1. The van der Waals surface area contributed by atoms with Gasteiger partial charge in [-0.1, -0.05) is 12.1 Å². The SMILES string of the molecule is CN=C(NCCS(=O)C(C)(C)C)NCc1ccc(C)cc1OC. The number of nitrogens with one attached hydrogen (secondary N) is 2. The van der Waals surface area contributed by atoms with Crippen LogP contribution in [0.3, 0.4) is 0 Å². The Bertz CT molecular complexity index is 565. The molecule has 0 heterocycles. The van der Waals surface area contributed by atoms with Gasteiger partial charge in [-0.15, -0.1) is 0 Å². The Balaban J connectivity index is 2.51. The highest BCUT2D eigenvalue weighted by Crippen LogP contribution is 2.19. The predicted octanol–water partition coefficient (Wildman–Crippen LogP) is 2.22. The highest BCUT2D eigenvalue weighted by atomic mass is 32.2. The minimum atomic E-state index is -0.869. The van der Waals surface area contributed by atoms with Crippen molar-refractivity contribution in [2.75, 3.05) is 26.5 Å². The van der Waals surface area contributed by atoms with Gasteiger partial charge in [0.05, 0.1) is 7.11 Å². The fourth-order valence-electron chi connectivity index (χ4n) is 1.97. The van der Waals surface area contributed by atoms with E-state index >= 15 is 0 Å². The van der Waals surface area contributed by atoms with Gasteiger partial charge in [-0.05, 0) is 39.3 Å². The molecule has 1 aromatic carbocycles. The third-order valence-corrected chi connectivity index (χ3v) is 5.32. The summed E-state index contributed by atoms with van der Waals surface area (Å²) in [7, 11) is 2.53. The minimum Gasteiger partial charge on any atom is -0.496 e. The lowest BCUT2D eigenvalue weighted by molar-refractivity contribution is 0.408. The second kappa shape index (κ2) is 8.91. The van der Waals surface area contributed by atoms with Gasteiger partial charge >= 0.3 is 0 Å². The number of benzene rings is 1. The van der Waals surface area contributed by atoms with E-state index in [1.54, 1.807) is 14.2 Å². The number of nitrogens with zero attached hydrogens (tertiary/aromatic N) is 1. The predicted molar refractivity (Wildman–Crippen MR) is 98.7 cm³/mol. The van der Waals surface area contributed by atoms with Crippen LogP contribution in [0, 0.1) is 6.92 Å². The normalized spacial score (nSPS) is 13.6. The molecule has 23 heavy (non-hydrogen) atoms. The van der Waals surface area contributed by atoms with Crippen LogP contribution in [0.2, 0.25) is 0 Å². The van der Waals surface area contributed by atoms with Crippen molar-refractivity contribution in [1.29, 1.82) is 0 Å². The van der Waals surface area contributed by atoms with Crippen LogP contribution in [-0.2, 0) is 17.3 Å². The number of ether oxygens (including phenoxy) is 1. The Labute approximate surface area is 142 Å². The fourth-order valence-corrected chi connectivity index (χ4v) is 2.87. The number of hydrogen-bond donors (Lipinski definition) is 2. The van der Waals surface area contributed by atoms with Gasteiger partial charge in [0.15, 0.2) is 5.96 Å². The molecule has 0 bridgehead atoms. The third-order valence-electron chi connectivity index (χ3n) is 3.38. The summed E-state index contributed by atoms with van der Waals surface area (Å²) in [5.41, 5.74) is 2.23. The summed E-state index contributed by atoms with van der Waals surface area (Å²) in [4.78, 5) is 4.19.